The van der Waals surface area contributed by atoms with Crippen molar-refractivity contribution in [1.82, 2.24) is 10.3 Å². The molecular weight excluding hydrogens is 266 g/mol. The van der Waals surface area contributed by atoms with Crippen molar-refractivity contribution in [2.45, 2.75) is 39.2 Å². The zero-order chi connectivity index (χ0) is 15.3. The molecule has 1 aliphatic rings. The van der Waals surface area contributed by atoms with Crippen molar-refractivity contribution >= 4 is 5.91 Å². The highest BCUT2D eigenvalue weighted by Gasteiger charge is 2.39. The Morgan fingerprint density at radius 3 is 2.86 bits per heavy atom. The summed E-state index contributed by atoms with van der Waals surface area (Å²) in [6, 6.07) is 3.75. The molecule has 1 aromatic rings. The van der Waals surface area contributed by atoms with Crippen molar-refractivity contribution in [1.29, 1.82) is 0 Å². The number of nitrogens with two attached hydrogens (primary N) is 1. The van der Waals surface area contributed by atoms with E-state index in [2.05, 4.69) is 17.2 Å². The first-order valence-corrected chi connectivity index (χ1v) is 7.57. The summed E-state index contributed by atoms with van der Waals surface area (Å²) in [6.45, 7) is 3.07. The van der Waals surface area contributed by atoms with Crippen molar-refractivity contribution in [3.8, 4) is 5.88 Å². The van der Waals surface area contributed by atoms with E-state index in [1.54, 1.807) is 13.3 Å². The van der Waals surface area contributed by atoms with Crippen LogP contribution in [-0.2, 0) is 11.3 Å². The van der Waals surface area contributed by atoms with Crippen LogP contribution in [0.2, 0.25) is 0 Å². The van der Waals surface area contributed by atoms with E-state index in [0.29, 0.717) is 24.9 Å². The topological polar surface area (TPSA) is 77.2 Å². The number of methoxy groups -OCH3 is 1. The maximum atomic E-state index is 12.6. The third-order valence-corrected chi connectivity index (χ3v) is 4.59. The lowest BCUT2D eigenvalue weighted by molar-refractivity contribution is -0.133. The molecule has 1 aliphatic carbocycles. The highest BCUT2D eigenvalue weighted by molar-refractivity contribution is 5.83. The lowest BCUT2D eigenvalue weighted by Gasteiger charge is -2.37. The largest absolute Gasteiger partial charge is 0.481 e. The van der Waals surface area contributed by atoms with Crippen molar-refractivity contribution in [3.63, 3.8) is 0 Å². The van der Waals surface area contributed by atoms with Crippen LogP contribution in [-0.4, -0.2) is 24.5 Å². The maximum Gasteiger partial charge on any atom is 0.227 e. The second-order valence-electron chi connectivity index (χ2n) is 6.02. The minimum atomic E-state index is -0.401. The Kier molecular flexibility index (Phi) is 5.17. The molecule has 0 radical (unpaired) electrons. The molecule has 0 aromatic carbocycles. The molecule has 1 saturated carbocycles. The van der Waals surface area contributed by atoms with Gasteiger partial charge in [0.05, 0.1) is 12.5 Å². The molecule has 3 N–H and O–H groups in total. The van der Waals surface area contributed by atoms with Gasteiger partial charge in [-0.25, -0.2) is 4.98 Å². The van der Waals surface area contributed by atoms with Crippen LogP contribution in [0.25, 0.3) is 0 Å². The molecule has 1 fully saturated rings. The molecule has 0 bridgehead atoms. The highest BCUT2D eigenvalue weighted by atomic mass is 16.5. The summed E-state index contributed by atoms with van der Waals surface area (Å²) < 4.78 is 5.20. The Bertz CT molecular complexity index is 482. The van der Waals surface area contributed by atoms with E-state index in [9.17, 15) is 4.79 Å². The molecule has 0 spiro atoms. The van der Waals surface area contributed by atoms with E-state index in [-0.39, 0.29) is 5.91 Å². The monoisotopic (exact) mass is 291 g/mol. The summed E-state index contributed by atoms with van der Waals surface area (Å²) in [7, 11) is 1.58. The third-order valence-electron chi connectivity index (χ3n) is 4.59. The highest BCUT2D eigenvalue weighted by Crippen LogP contribution is 2.38. The van der Waals surface area contributed by atoms with Crippen molar-refractivity contribution < 1.29 is 9.53 Å². The molecule has 1 heterocycles. The number of carbonyl (C=O) groups excluding carboxylic acids is 1. The summed E-state index contributed by atoms with van der Waals surface area (Å²) in [6.07, 6.45) is 5.57. The van der Waals surface area contributed by atoms with Gasteiger partial charge in [-0.15, -0.1) is 0 Å². The summed E-state index contributed by atoms with van der Waals surface area (Å²) in [4.78, 5) is 16.7. The van der Waals surface area contributed by atoms with E-state index in [1.807, 2.05) is 12.1 Å². The van der Waals surface area contributed by atoms with Gasteiger partial charge in [-0.05, 0) is 37.7 Å². The molecule has 0 saturated heterocycles. The number of nitrogens with one attached hydrogen (secondary N) is 1. The van der Waals surface area contributed by atoms with Gasteiger partial charge in [-0.2, -0.15) is 0 Å². The Hall–Kier alpha value is -1.62. The molecular formula is C16H25N3O2. The van der Waals surface area contributed by atoms with Crippen molar-refractivity contribution in [3.05, 3.63) is 23.9 Å². The summed E-state index contributed by atoms with van der Waals surface area (Å²) in [5.41, 5.74) is 6.39. The molecule has 5 heteroatoms. The molecule has 1 aromatic heterocycles. The first-order valence-electron chi connectivity index (χ1n) is 7.57. The van der Waals surface area contributed by atoms with Gasteiger partial charge < -0.3 is 15.8 Å². The Morgan fingerprint density at radius 2 is 2.24 bits per heavy atom. The number of pyridine rings is 1. The third kappa shape index (κ3) is 3.53. The van der Waals surface area contributed by atoms with E-state index in [1.165, 1.54) is 0 Å². The number of aromatic nitrogens is 1. The quantitative estimate of drug-likeness (QED) is 0.868. The fraction of sp³-hybridized carbons (Fsp3) is 0.625. The molecule has 0 unspecified atom stereocenters. The van der Waals surface area contributed by atoms with Crippen LogP contribution >= 0.6 is 0 Å². The van der Waals surface area contributed by atoms with Gasteiger partial charge in [-0.1, -0.05) is 13.0 Å². The van der Waals surface area contributed by atoms with Gasteiger partial charge in [-0.3, -0.25) is 4.79 Å². The van der Waals surface area contributed by atoms with Crippen LogP contribution in [0.4, 0.5) is 0 Å². The lowest BCUT2D eigenvalue weighted by atomic mass is 9.70. The van der Waals surface area contributed by atoms with Crippen molar-refractivity contribution in [2.24, 2.45) is 17.1 Å². The minimum absolute atomic E-state index is 0.0582. The first kappa shape index (κ1) is 15.8. The summed E-state index contributed by atoms with van der Waals surface area (Å²) in [5, 5.41) is 3.01. The average molecular weight is 291 g/mol. The Morgan fingerprint density at radius 1 is 1.52 bits per heavy atom. The molecule has 21 heavy (non-hydrogen) atoms. The van der Waals surface area contributed by atoms with Gasteiger partial charge in [0.15, 0.2) is 0 Å². The fourth-order valence-corrected chi connectivity index (χ4v) is 2.94. The standard InChI is InChI=1S/C16H25N3O2/c1-12-5-7-16(11-17,8-6-12)15(20)19-10-13-4-3-9-18-14(13)21-2/h3-4,9,12H,5-8,10-11,17H2,1-2H3,(H,19,20). The van der Waals surface area contributed by atoms with Gasteiger partial charge >= 0.3 is 0 Å². The second-order valence-corrected chi connectivity index (χ2v) is 6.02. The molecule has 5 nitrogen and oxygen atoms in total. The van der Waals surface area contributed by atoms with Crippen LogP contribution in [0.1, 0.15) is 38.2 Å². The lowest BCUT2D eigenvalue weighted by Crippen LogP contribution is -2.47. The van der Waals surface area contributed by atoms with E-state index < -0.39 is 5.41 Å². The van der Waals surface area contributed by atoms with E-state index in [4.69, 9.17) is 10.5 Å². The Balaban J connectivity index is 2.00. The second kappa shape index (κ2) is 6.89. The normalized spacial score (nSPS) is 25.4. The first-order chi connectivity index (χ1) is 10.1. The SMILES string of the molecule is COc1ncccc1CNC(=O)C1(CN)CCC(C)CC1. The van der Waals surface area contributed by atoms with Gasteiger partial charge in [0.25, 0.3) is 0 Å². The van der Waals surface area contributed by atoms with Crippen molar-refractivity contribution in [2.75, 3.05) is 13.7 Å². The minimum Gasteiger partial charge on any atom is -0.481 e. The molecule has 116 valence electrons. The molecule has 0 aliphatic heterocycles. The van der Waals surface area contributed by atoms with E-state index in [0.717, 1.165) is 31.2 Å². The average Bonchev–Trinajstić information content (AvgIpc) is 2.54. The molecule has 1 amide bonds. The smallest absolute Gasteiger partial charge is 0.227 e. The molecule has 0 atom stereocenters. The predicted octanol–water partition coefficient (Wildman–Crippen LogP) is 1.86. The number of nitrogens with zero attached hydrogens (tertiary/aromatic N) is 1. The number of hydrogen-bond donors (Lipinski definition) is 2. The fourth-order valence-electron chi connectivity index (χ4n) is 2.94. The van der Waals surface area contributed by atoms with Crippen LogP contribution in [0.15, 0.2) is 18.3 Å². The number of hydrogen-bond acceptors (Lipinski definition) is 4. The zero-order valence-electron chi connectivity index (χ0n) is 12.9. The number of amides is 1. The Labute approximate surface area is 126 Å². The van der Waals surface area contributed by atoms with Crippen LogP contribution < -0.4 is 15.8 Å². The number of carbonyl (C=O) groups is 1. The van der Waals surface area contributed by atoms with Crippen LogP contribution in [0, 0.1) is 11.3 Å². The van der Waals surface area contributed by atoms with Gasteiger partial charge in [0.1, 0.15) is 0 Å². The van der Waals surface area contributed by atoms with Gasteiger partial charge in [0, 0.05) is 24.8 Å². The number of rotatable bonds is 5. The summed E-state index contributed by atoms with van der Waals surface area (Å²) in [5.74, 6) is 1.30. The number of ether oxygens (including phenoxy) is 1. The zero-order valence-corrected chi connectivity index (χ0v) is 12.9. The van der Waals surface area contributed by atoms with Crippen LogP contribution in [0.3, 0.4) is 0 Å². The van der Waals surface area contributed by atoms with E-state index >= 15 is 0 Å². The van der Waals surface area contributed by atoms with Gasteiger partial charge in [0.2, 0.25) is 11.8 Å². The summed E-state index contributed by atoms with van der Waals surface area (Å²) >= 11 is 0. The predicted molar refractivity (Wildman–Crippen MR) is 81.8 cm³/mol. The molecule has 2 rings (SSSR count). The van der Waals surface area contributed by atoms with Crippen LogP contribution in [0.5, 0.6) is 5.88 Å². The maximum absolute atomic E-state index is 12.6.